The zero-order valence-corrected chi connectivity index (χ0v) is 15.0. The molecule has 1 atom stereocenters. The van der Waals surface area contributed by atoms with Crippen molar-refractivity contribution in [1.82, 2.24) is 4.72 Å². The largest absolute Gasteiger partial charge is 0.486 e. The number of fused-ring (bicyclic) bond motifs is 1. The fourth-order valence-corrected chi connectivity index (χ4v) is 4.31. The van der Waals surface area contributed by atoms with Gasteiger partial charge in [0.2, 0.25) is 10.0 Å². The van der Waals surface area contributed by atoms with Gasteiger partial charge in [-0.2, -0.15) is 0 Å². The third-order valence-electron chi connectivity index (χ3n) is 3.82. The van der Waals surface area contributed by atoms with Crippen LogP contribution in [-0.4, -0.2) is 21.6 Å². The Morgan fingerprint density at radius 2 is 1.92 bits per heavy atom. The molecule has 0 radical (unpaired) electrons. The van der Waals surface area contributed by atoms with Crippen LogP contribution < -0.4 is 14.2 Å². The Kier molecular flexibility index (Phi) is 5.17. The zero-order valence-electron chi connectivity index (χ0n) is 13.5. The van der Waals surface area contributed by atoms with Gasteiger partial charge in [-0.15, -0.1) is 0 Å². The van der Waals surface area contributed by atoms with Crippen molar-refractivity contribution in [2.24, 2.45) is 0 Å². The second-order valence-electron chi connectivity index (χ2n) is 5.70. The molecular formula is C17H17ClFNO4S. The number of ether oxygens (including phenoxy) is 2. The van der Waals surface area contributed by atoms with Crippen LogP contribution in [0.15, 0.2) is 36.4 Å². The number of hydrogen-bond acceptors (Lipinski definition) is 4. The Hall–Kier alpha value is -1.83. The van der Waals surface area contributed by atoms with Crippen molar-refractivity contribution in [3.63, 3.8) is 0 Å². The van der Waals surface area contributed by atoms with Crippen molar-refractivity contribution >= 4 is 21.6 Å². The summed E-state index contributed by atoms with van der Waals surface area (Å²) in [4.78, 5) is 0. The molecule has 2 aromatic rings. The van der Waals surface area contributed by atoms with E-state index in [-0.39, 0.29) is 10.6 Å². The molecule has 134 valence electrons. The molecule has 0 bridgehead atoms. The summed E-state index contributed by atoms with van der Waals surface area (Å²) in [5.41, 5.74) is 0.665. The monoisotopic (exact) mass is 385 g/mol. The lowest BCUT2D eigenvalue weighted by molar-refractivity contribution is 0.171. The van der Waals surface area contributed by atoms with E-state index in [1.165, 1.54) is 18.2 Å². The molecule has 0 spiro atoms. The number of hydrogen-bond donors (Lipinski definition) is 1. The molecule has 8 heteroatoms. The van der Waals surface area contributed by atoms with Gasteiger partial charge in [0, 0.05) is 16.6 Å². The maximum absolute atomic E-state index is 13.8. The van der Waals surface area contributed by atoms with Crippen LogP contribution in [0.3, 0.4) is 0 Å². The van der Waals surface area contributed by atoms with Crippen LogP contribution in [0.2, 0.25) is 5.02 Å². The Morgan fingerprint density at radius 3 is 2.64 bits per heavy atom. The summed E-state index contributed by atoms with van der Waals surface area (Å²) in [5.74, 6) is 0.0212. The normalized spacial score (nSPS) is 15.0. The third kappa shape index (κ3) is 4.23. The standard InChI is InChI=1S/C17H17ClFNO4S/c1-11(12-5-6-16-17(9-12)24-8-7-23-16)20-25(21,22)10-13-14(18)3-2-4-15(13)19/h2-6,9,11,20H,7-8,10H2,1H3/t11-/m0/s1. The summed E-state index contributed by atoms with van der Waals surface area (Å²) in [5, 5.41) is 0.0809. The molecular weight excluding hydrogens is 369 g/mol. The van der Waals surface area contributed by atoms with Gasteiger partial charge in [-0.25, -0.2) is 17.5 Å². The smallest absolute Gasteiger partial charge is 0.216 e. The van der Waals surface area contributed by atoms with Gasteiger partial charge in [-0.3, -0.25) is 0 Å². The lowest BCUT2D eigenvalue weighted by Crippen LogP contribution is -2.28. The number of halogens is 2. The summed E-state index contributed by atoms with van der Waals surface area (Å²) in [7, 11) is -3.79. The second-order valence-corrected chi connectivity index (χ2v) is 7.86. The van der Waals surface area contributed by atoms with Crippen LogP contribution in [0, 0.1) is 5.82 Å². The maximum Gasteiger partial charge on any atom is 0.216 e. The Morgan fingerprint density at radius 1 is 1.20 bits per heavy atom. The van der Waals surface area contributed by atoms with Gasteiger partial charge < -0.3 is 9.47 Å². The van der Waals surface area contributed by atoms with Gasteiger partial charge in [-0.05, 0) is 36.8 Å². The molecule has 25 heavy (non-hydrogen) atoms. The topological polar surface area (TPSA) is 64.6 Å². The van der Waals surface area contributed by atoms with E-state index in [0.29, 0.717) is 30.3 Å². The first kappa shape index (κ1) is 18.0. The van der Waals surface area contributed by atoms with E-state index in [9.17, 15) is 12.8 Å². The number of nitrogens with one attached hydrogen (secondary N) is 1. The van der Waals surface area contributed by atoms with E-state index in [1.54, 1.807) is 25.1 Å². The highest BCUT2D eigenvalue weighted by atomic mass is 35.5. The van der Waals surface area contributed by atoms with Crippen molar-refractivity contribution in [3.8, 4) is 11.5 Å². The predicted molar refractivity (Wildman–Crippen MR) is 93.0 cm³/mol. The molecule has 0 saturated carbocycles. The van der Waals surface area contributed by atoms with Gasteiger partial charge >= 0.3 is 0 Å². The summed E-state index contributed by atoms with van der Waals surface area (Å²) < 4.78 is 52.1. The molecule has 1 N–H and O–H groups in total. The Balaban J connectivity index is 1.76. The molecule has 0 saturated heterocycles. The number of sulfonamides is 1. The third-order valence-corrected chi connectivity index (χ3v) is 5.55. The molecule has 2 aromatic carbocycles. The predicted octanol–water partition coefficient (Wildman–Crippen LogP) is 3.43. The second kappa shape index (κ2) is 7.19. The van der Waals surface area contributed by atoms with Crippen molar-refractivity contribution < 1.29 is 22.3 Å². The highest BCUT2D eigenvalue weighted by Crippen LogP contribution is 2.33. The Labute approximate surface area is 150 Å². The minimum Gasteiger partial charge on any atom is -0.486 e. The zero-order chi connectivity index (χ0) is 18.0. The minimum absolute atomic E-state index is 0.0500. The molecule has 1 aliphatic rings. The highest BCUT2D eigenvalue weighted by molar-refractivity contribution is 7.88. The van der Waals surface area contributed by atoms with Crippen LogP contribution in [0.25, 0.3) is 0 Å². The molecule has 3 rings (SSSR count). The van der Waals surface area contributed by atoms with Gasteiger partial charge in [-0.1, -0.05) is 23.7 Å². The average molecular weight is 386 g/mol. The van der Waals surface area contributed by atoms with E-state index in [1.807, 2.05) is 0 Å². The van der Waals surface area contributed by atoms with Crippen molar-refractivity contribution in [1.29, 1.82) is 0 Å². The molecule has 0 unspecified atom stereocenters. The summed E-state index contributed by atoms with van der Waals surface area (Å²) in [6, 6.07) is 8.78. The molecule has 0 fully saturated rings. The number of rotatable bonds is 5. The average Bonchev–Trinajstić information content (AvgIpc) is 2.57. The molecule has 0 aliphatic carbocycles. The van der Waals surface area contributed by atoms with E-state index in [2.05, 4.69) is 4.72 Å². The summed E-state index contributed by atoms with van der Waals surface area (Å²) >= 11 is 5.91. The Bertz CT molecular complexity index is 868. The highest BCUT2D eigenvalue weighted by Gasteiger charge is 2.21. The molecule has 1 heterocycles. The SMILES string of the molecule is C[C@H](NS(=O)(=O)Cc1c(F)cccc1Cl)c1ccc2c(c1)OCCO2. The van der Waals surface area contributed by atoms with Gasteiger partial charge in [0.1, 0.15) is 19.0 Å². The van der Waals surface area contributed by atoms with Crippen LogP contribution in [0.1, 0.15) is 24.1 Å². The van der Waals surface area contributed by atoms with Crippen molar-refractivity contribution in [2.45, 2.75) is 18.7 Å². The van der Waals surface area contributed by atoms with Crippen LogP contribution >= 0.6 is 11.6 Å². The van der Waals surface area contributed by atoms with E-state index in [0.717, 1.165) is 0 Å². The van der Waals surface area contributed by atoms with E-state index >= 15 is 0 Å². The number of benzene rings is 2. The lowest BCUT2D eigenvalue weighted by Gasteiger charge is -2.21. The maximum atomic E-state index is 13.8. The van der Waals surface area contributed by atoms with Crippen LogP contribution in [-0.2, 0) is 15.8 Å². The van der Waals surface area contributed by atoms with Crippen molar-refractivity contribution in [2.75, 3.05) is 13.2 Å². The fourth-order valence-electron chi connectivity index (χ4n) is 2.57. The summed E-state index contributed by atoms with van der Waals surface area (Å²) in [6.07, 6.45) is 0. The van der Waals surface area contributed by atoms with Gasteiger partial charge in [0.05, 0.1) is 5.75 Å². The molecule has 0 aromatic heterocycles. The molecule has 5 nitrogen and oxygen atoms in total. The molecule has 0 amide bonds. The first-order valence-corrected chi connectivity index (χ1v) is 9.71. The first-order valence-electron chi connectivity index (χ1n) is 7.68. The van der Waals surface area contributed by atoms with E-state index in [4.69, 9.17) is 21.1 Å². The molecule has 1 aliphatic heterocycles. The quantitative estimate of drug-likeness (QED) is 0.856. The fraction of sp³-hybridized carbons (Fsp3) is 0.294. The van der Waals surface area contributed by atoms with Gasteiger partial charge in [0.25, 0.3) is 0 Å². The van der Waals surface area contributed by atoms with E-state index < -0.39 is 27.6 Å². The van der Waals surface area contributed by atoms with Gasteiger partial charge in [0.15, 0.2) is 11.5 Å². The van der Waals surface area contributed by atoms with Crippen LogP contribution in [0.4, 0.5) is 4.39 Å². The van der Waals surface area contributed by atoms with Crippen LogP contribution in [0.5, 0.6) is 11.5 Å². The summed E-state index contributed by atoms with van der Waals surface area (Å²) in [6.45, 7) is 2.63. The minimum atomic E-state index is -3.79. The lowest BCUT2D eigenvalue weighted by atomic mass is 10.1. The first-order chi connectivity index (χ1) is 11.9. The van der Waals surface area contributed by atoms with Crippen molar-refractivity contribution in [3.05, 3.63) is 58.4 Å².